The zero-order valence-corrected chi connectivity index (χ0v) is 12.9. The van der Waals surface area contributed by atoms with Crippen LogP contribution in [-0.2, 0) is 16.1 Å². The summed E-state index contributed by atoms with van der Waals surface area (Å²) in [5.74, 6) is 2.08. The number of hydrogen-bond acceptors (Lipinski definition) is 5. The van der Waals surface area contributed by atoms with Crippen LogP contribution >= 0.6 is 11.8 Å². The third-order valence-corrected chi connectivity index (χ3v) is 4.15. The highest BCUT2D eigenvalue weighted by Crippen LogP contribution is 2.39. The van der Waals surface area contributed by atoms with Crippen LogP contribution < -0.4 is 5.32 Å². The monoisotopic (exact) mass is 298 g/mol. The van der Waals surface area contributed by atoms with E-state index in [1.54, 1.807) is 7.11 Å². The van der Waals surface area contributed by atoms with Crippen LogP contribution in [0.5, 0.6) is 0 Å². The molecule has 1 fully saturated rings. The molecule has 2 rings (SSSR count). The Bertz CT molecular complexity index is 446. The van der Waals surface area contributed by atoms with Gasteiger partial charge in [0.1, 0.15) is 5.82 Å². The number of amides is 1. The van der Waals surface area contributed by atoms with Crippen LogP contribution in [-0.4, -0.2) is 46.7 Å². The van der Waals surface area contributed by atoms with Gasteiger partial charge in [-0.15, -0.1) is 10.2 Å². The fourth-order valence-corrected chi connectivity index (χ4v) is 2.81. The third-order valence-electron chi connectivity index (χ3n) is 3.18. The van der Waals surface area contributed by atoms with E-state index < -0.39 is 0 Å². The van der Waals surface area contributed by atoms with Gasteiger partial charge in [-0.3, -0.25) is 4.79 Å². The third kappa shape index (κ3) is 4.21. The lowest BCUT2D eigenvalue weighted by Gasteiger charge is -2.07. The molecule has 112 valence electrons. The van der Waals surface area contributed by atoms with Crippen molar-refractivity contribution < 1.29 is 9.53 Å². The SMILES string of the molecule is CCn1c(SCC(=O)NCCCOC)nnc1C1CC1. The predicted octanol–water partition coefficient (Wildman–Crippen LogP) is 1.42. The lowest BCUT2D eigenvalue weighted by molar-refractivity contribution is -0.118. The smallest absolute Gasteiger partial charge is 0.230 e. The summed E-state index contributed by atoms with van der Waals surface area (Å²) in [5, 5.41) is 12.2. The van der Waals surface area contributed by atoms with Crippen molar-refractivity contribution in [1.82, 2.24) is 20.1 Å². The molecule has 0 radical (unpaired) electrons. The van der Waals surface area contributed by atoms with Crippen LogP contribution in [0.1, 0.15) is 37.9 Å². The molecule has 1 aromatic heterocycles. The van der Waals surface area contributed by atoms with Gasteiger partial charge < -0.3 is 14.6 Å². The van der Waals surface area contributed by atoms with E-state index in [9.17, 15) is 4.79 Å². The molecule has 1 aliphatic rings. The highest BCUT2D eigenvalue weighted by Gasteiger charge is 2.30. The minimum Gasteiger partial charge on any atom is -0.385 e. The first-order chi connectivity index (χ1) is 9.76. The molecule has 0 saturated heterocycles. The second-order valence-corrected chi connectivity index (χ2v) is 5.79. The van der Waals surface area contributed by atoms with Crippen molar-refractivity contribution in [3.05, 3.63) is 5.82 Å². The first kappa shape index (κ1) is 15.3. The normalized spacial score (nSPS) is 14.5. The van der Waals surface area contributed by atoms with E-state index in [1.165, 1.54) is 24.6 Å². The van der Waals surface area contributed by atoms with E-state index in [1.807, 2.05) is 0 Å². The minimum absolute atomic E-state index is 0.0322. The molecule has 0 spiro atoms. The Kier molecular flexibility index (Phi) is 5.85. The van der Waals surface area contributed by atoms with Gasteiger partial charge >= 0.3 is 0 Å². The van der Waals surface area contributed by atoms with E-state index in [2.05, 4.69) is 27.0 Å². The molecule has 0 atom stereocenters. The number of carbonyl (C=O) groups excluding carboxylic acids is 1. The molecule has 1 amide bonds. The summed E-state index contributed by atoms with van der Waals surface area (Å²) in [6.07, 6.45) is 3.26. The summed E-state index contributed by atoms with van der Waals surface area (Å²) >= 11 is 1.46. The van der Waals surface area contributed by atoms with E-state index in [0.717, 1.165) is 23.9 Å². The molecule has 1 saturated carbocycles. The van der Waals surface area contributed by atoms with E-state index in [0.29, 0.717) is 24.8 Å². The maximum Gasteiger partial charge on any atom is 0.230 e. The van der Waals surface area contributed by atoms with Gasteiger partial charge in [-0.05, 0) is 26.2 Å². The molecule has 0 bridgehead atoms. The minimum atomic E-state index is 0.0322. The molecule has 1 aliphatic carbocycles. The van der Waals surface area contributed by atoms with E-state index in [4.69, 9.17) is 4.74 Å². The molecular weight excluding hydrogens is 276 g/mol. The fraction of sp³-hybridized carbons (Fsp3) is 0.769. The first-order valence-corrected chi connectivity index (χ1v) is 8.06. The van der Waals surface area contributed by atoms with Crippen molar-refractivity contribution in [3.63, 3.8) is 0 Å². The second-order valence-electron chi connectivity index (χ2n) is 4.84. The van der Waals surface area contributed by atoms with Crippen LogP contribution in [0.4, 0.5) is 0 Å². The largest absolute Gasteiger partial charge is 0.385 e. The Balaban J connectivity index is 1.77. The molecular formula is C13H22N4O2S. The number of nitrogens with zero attached hydrogens (tertiary/aromatic N) is 3. The maximum atomic E-state index is 11.7. The summed E-state index contributed by atoms with van der Waals surface area (Å²) < 4.78 is 7.06. The topological polar surface area (TPSA) is 69.0 Å². The Labute approximate surface area is 123 Å². The van der Waals surface area contributed by atoms with Crippen molar-refractivity contribution in [2.24, 2.45) is 0 Å². The van der Waals surface area contributed by atoms with Gasteiger partial charge in [-0.2, -0.15) is 0 Å². The number of carbonyl (C=O) groups is 1. The first-order valence-electron chi connectivity index (χ1n) is 7.07. The van der Waals surface area contributed by atoms with Crippen LogP contribution in [0.25, 0.3) is 0 Å². The molecule has 7 heteroatoms. The summed E-state index contributed by atoms with van der Waals surface area (Å²) in [5.41, 5.74) is 0. The van der Waals surface area contributed by atoms with Gasteiger partial charge in [0.15, 0.2) is 5.16 Å². The van der Waals surface area contributed by atoms with Crippen molar-refractivity contribution in [2.45, 2.75) is 43.8 Å². The van der Waals surface area contributed by atoms with Gasteiger partial charge in [-0.1, -0.05) is 11.8 Å². The second kappa shape index (κ2) is 7.64. The van der Waals surface area contributed by atoms with Gasteiger partial charge in [-0.25, -0.2) is 0 Å². The quantitative estimate of drug-likeness (QED) is 0.551. The van der Waals surface area contributed by atoms with Crippen LogP contribution in [0.3, 0.4) is 0 Å². The van der Waals surface area contributed by atoms with Crippen molar-refractivity contribution in [3.8, 4) is 0 Å². The number of hydrogen-bond donors (Lipinski definition) is 1. The zero-order valence-electron chi connectivity index (χ0n) is 12.1. The molecule has 0 aromatic carbocycles. The van der Waals surface area contributed by atoms with Gasteiger partial charge in [0.2, 0.25) is 5.91 Å². The number of ether oxygens (including phenoxy) is 1. The van der Waals surface area contributed by atoms with Crippen LogP contribution in [0, 0.1) is 0 Å². The number of rotatable bonds is 9. The Hall–Kier alpha value is -1.08. The van der Waals surface area contributed by atoms with Crippen LogP contribution in [0.15, 0.2) is 5.16 Å². The highest BCUT2D eigenvalue weighted by atomic mass is 32.2. The number of aromatic nitrogens is 3. The average molecular weight is 298 g/mol. The summed E-state index contributed by atoms with van der Waals surface area (Å²) in [6, 6.07) is 0. The van der Waals surface area contributed by atoms with Gasteiger partial charge in [0, 0.05) is 32.7 Å². The Morgan fingerprint density at radius 2 is 2.30 bits per heavy atom. The summed E-state index contributed by atoms with van der Waals surface area (Å²) in [7, 11) is 1.66. The molecule has 6 nitrogen and oxygen atoms in total. The average Bonchev–Trinajstić information content (AvgIpc) is 3.21. The lowest BCUT2D eigenvalue weighted by Crippen LogP contribution is -2.27. The molecule has 20 heavy (non-hydrogen) atoms. The summed E-state index contributed by atoms with van der Waals surface area (Å²) in [4.78, 5) is 11.7. The number of methoxy groups -OCH3 is 1. The van der Waals surface area contributed by atoms with E-state index >= 15 is 0 Å². The standard InChI is InChI=1S/C13H22N4O2S/c1-3-17-12(10-5-6-10)15-16-13(17)20-9-11(18)14-7-4-8-19-2/h10H,3-9H2,1-2H3,(H,14,18). The van der Waals surface area contributed by atoms with Crippen molar-refractivity contribution in [2.75, 3.05) is 26.0 Å². The van der Waals surface area contributed by atoms with E-state index in [-0.39, 0.29) is 5.91 Å². The lowest BCUT2D eigenvalue weighted by atomic mass is 10.4. The van der Waals surface area contributed by atoms with Crippen molar-refractivity contribution >= 4 is 17.7 Å². The predicted molar refractivity (Wildman–Crippen MR) is 77.9 cm³/mol. The highest BCUT2D eigenvalue weighted by molar-refractivity contribution is 7.99. The fourth-order valence-electron chi connectivity index (χ4n) is 1.97. The Morgan fingerprint density at radius 3 is 2.95 bits per heavy atom. The summed E-state index contributed by atoms with van der Waals surface area (Å²) in [6.45, 7) is 4.27. The maximum absolute atomic E-state index is 11.7. The molecule has 1 heterocycles. The number of nitrogens with one attached hydrogen (secondary N) is 1. The zero-order chi connectivity index (χ0) is 14.4. The van der Waals surface area contributed by atoms with Gasteiger partial charge in [0.25, 0.3) is 0 Å². The molecule has 1 N–H and O–H groups in total. The van der Waals surface area contributed by atoms with Gasteiger partial charge in [0.05, 0.1) is 5.75 Å². The van der Waals surface area contributed by atoms with Crippen molar-refractivity contribution in [1.29, 1.82) is 0 Å². The molecule has 1 aromatic rings. The van der Waals surface area contributed by atoms with Crippen LogP contribution in [0.2, 0.25) is 0 Å². The Morgan fingerprint density at radius 1 is 1.50 bits per heavy atom. The molecule has 0 aliphatic heterocycles. The number of thioether (sulfide) groups is 1. The molecule has 0 unspecified atom stereocenters.